The molecule has 0 aliphatic heterocycles. The lowest BCUT2D eigenvalue weighted by Gasteiger charge is -2.16. The van der Waals surface area contributed by atoms with Crippen LogP contribution in [0.4, 0.5) is 0 Å². The van der Waals surface area contributed by atoms with Gasteiger partial charge in [0.15, 0.2) is 5.78 Å². The molecule has 1 unspecified atom stereocenters. The van der Waals surface area contributed by atoms with E-state index in [1.54, 1.807) is 0 Å². The minimum Gasteiger partial charge on any atom is -0.465 e. The SMILES string of the molecule is COC(=O)C(=Ic1ccccc1)C(=O)C1CC=CCC1. The van der Waals surface area contributed by atoms with Gasteiger partial charge in [0.2, 0.25) is 0 Å². The smallest absolute Gasteiger partial charge is 0.347 e. The number of rotatable bonds is 4. The maximum Gasteiger partial charge on any atom is 0.347 e. The summed E-state index contributed by atoms with van der Waals surface area (Å²) in [5.74, 6) is -0.531. The zero-order chi connectivity index (χ0) is 14.4. The van der Waals surface area contributed by atoms with Crippen LogP contribution in [-0.2, 0) is 14.3 Å². The second-order valence-electron chi connectivity index (χ2n) is 4.54. The lowest BCUT2D eigenvalue weighted by molar-refractivity contribution is -0.133. The first-order valence-electron chi connectivity index (χ1n) is 6.56. The average Bonchev–Trinajstić information content (AvgIpc) is 2.53. The number of carbonyl (C=O) groups excluding carboxylic acids is 2. The molecule has 3 nitrogen and oxygen atoms in total. The second kappa shape index (κ2) is 7.47. The monoisotopic (exact) mass is 384 g/mol. The molecule has 2 rings (SSSR count). The maximum atomic E-state index is 12.6. The molecule has 4 heteroatoms. The molecule has 0 amide bonds. The number of carbonyl (C=O) groups is 2. The van der Waals surface area contributed by atoms with Gasteiger partial charge >= 0.3 is 5.97 Å². The Kier molecular flexibility index (Phi) is 5.64. The minimum atomic E-state index is -0.785. The van der Waals surface area contributed by atoms with Crippen molar-refractivity contribution < 1.29 is 14.3 Å². The molecule has 1 atom stereocenters. The van der Waals surface area contributed by atoms with Gasteiger partial charge in [-0.3, -0.25) is 4.79 Å². The number of Topliss-reactive ketones (excluding diaryl/α,β-unsaturated/α-hetero) is 1. The molecule has 0 saturated heterocycles. The maximum absolute atomic E-state index is 12.6. The molecule has 0 saturated carbocycles. The fourth-order valence-electron chi connectivity index (χ4n) is 2.07. The number of benzene rings is 1. The number of methoxy groups -OCH3 is 1. The normalized spacial score (nSPS) is 19.1. The van der Waals surface area contributed by atoms with Gasteiger partial charge in [-0.05, 0) is 31.4 Å². The van der Waals surface area contributed by atoms with Gasteiger partial charge in [0.05, 0.1) is 7.11 Å². The summed E-state index contributed by atoms with van der Waals surface area (Å²) in [6.07, 6.45) is 6.59. The minimum absolute atomic E-state index is 0.0159. The molecule has 1 aliphatic carbocycles. The molecule has 20 heavy (non-hydrogen) atoms. The molecule has 1 aromatic rings. The molecule has 0 radical (unpaired) electrons. The summed E-state index contributed by atoms with van der Waals surface area (Å²) in [5, 5.41) is 0. The standard InChI is InChI=1S/C16H17IO3/c1-20-16(19)14(17-13-10-6-3-7-11-13)15(18)12-8-4-2-5-9-12/h2-4,6-7,10-12H,5,8-9H2,1H3. The van der Waals surface area contributed by atoms with Crippen molar-refractivity contribution >= 4 is 36.0 Å². The van der Waals surface area contributed by atoms with Crippen molar-refractivity contribution in [2.75, 3.05) is 7.11 Å². The number of esters is 1. The first kappa shape index (κ1) is 15.1. The largest absolute Gasteiger partial charge is 0.465 e. The third-order valence-corrected chi connectivity index (χ3v) is 6.01. The van der Waals surface area contributed by atoms with Crippen LogP contribution in [0.25, 0.3) is 0 Å². The highest BCUT2D eigenvalue weighted by molar-refractivity contribution is 14.2. The number of hydrogen-bond donors (Lipinski definition) is 0. The fourth-order valence-corrected chi connectivity index (χ4v) is 4.62. The summed E-state index contributed by atoms with van der Waals surface area (Å²) in [7, 11) is 1.34. The first-order valence-corrected chi connectivity index (χ1v) is 8.72. The van der Waals surface area contributed by atoms with Gasteiger partial charge in [-0.15, -0.1) is 0 Å². The summed E-state index contributed by atoms with van der Waals surface area (Å²) < 4.78 is 6.24. The quantitative estimate of drug-likeness (QED) is 0.347. The van der Waals surface area contributed by atoms with Crippen molar-refractivity contribution in [1.29, 1.82) is 0 Å². The van der Waals surface area contributed by atoms with Gasteiger partial charge in [0.1, 0.15) is 3.51 Å². The molecule has 1 aliphatic rings. The summed E-state index contributed by atoms with van der Waals surface area (Å²) in [6.45, 7) is 0. The van der Waals surface area contributed by atoms with Crippen LogP contribution >= 0.6 is 20.7 Å². The second-order valence-corrected chi connectivity index (χ2v) is 7.41. The topological polar surface area (TPSA) is 43.4 Å². The number of ketones is 1. The number of hydrogen-bond acceptors (Lipinski definition) is 3. The molecule has 0 spiro atoms. The van der Waals surface area contributed by atoms with E-state index in [-0.39, 0.29) is 11.7 Å². The Morgan fingerprint density at radius 1 is 1.20 bits per heavy atom. The average molecular weight is 384 g/mol. The van der Waals surface area contributed by atoms with Crippen molar-refractivity contribution in [3.8, 4) is 0 Å². The molecule has 0 N–H and O–H groups in total. The van der Waals surface area contributed by atoms with Crippen LogP contribution in [0.3, 0.4) is 0 Å². The lowest BCUT2D eigenvalue weighted by atomic mass is 9.89. The van der Waals surface area contributed by atoms with Crippen LogP contribution in [-0.4, -0.2) is 22.4 Å². The van der Waals surface area contributed by atoms with E-state index in [1.165, 1.54) is 7.11 Å². The summed E-state index contributed by atoms with van der Waals surface area (Å²) in [5.41, 5.74) is 0. The van der Waals surface area contributed by atoms with Crippen LogP contribution in [0.1, 0.15) is 19.3 Å². The summed E-state index contributed by atoms with van der Waals surface area (Å²) >= 11 is -0.785. The highest BCUT2D eigenvalue weighted by Crippen LogP contribution is 2.23. The zero-order valence-electron chi connectivity index (χ0n) is 11.3. The first-order chi connectivity index (χ1) is 9.72. The van der Waals surface area contributed by atoms with Crippen molar-refractivity contribution in [1.82, 2.24) is 0 Å². The van der Waals surface area contributed by atoms with Crippen molar-refractivity contribution in [3.63, 3.8) is 0 Å². The van der Waals surface area contributed by atoms with Crippen LogP contribution < -0.4 is 0 Å². The van der Waals surface area contributed by atoms with E-state index < -0.39 is 26.7 Å². The highest BCUT2D eigenvalue weighted by atomic mass is 127. The molecular formula is C16H17IO3. The van der Waals surface area contributed by atoms with Gasteiger partial charge < -0.3 is 4.74 Å². The molecule has 0 aromatic heterocycles. The highest BCUT2D eigenvalue weighted by Gasteiger charge is 2.27. The molecule has 106 valence electrons. The van der Waals surface area contributed by atoms with Crippen LogP contribution in [0.5, 0.6) is 0 Å². The fraction of sp³-hybridized carbons (Fsp3) is 0.312. The van der Waals surface area contributed by atoms with E-state index in [9.17, 15) is 9.59 Å². The van der Waals surface area contributed by atoms with Gasteiger partial charge in [-0.2, -0.15) is 0 Å². The Hall–Kier alpha value is -1.30. The predicted octanol–water partition coefficient (Wildman–Crippen LogP) is 3.10. The predicted molar refractivity (Wildman–Crippen MR) is 87.7 cm³/mol. The Balaban J connectivity index is 2.28. The number of halogens is 1. The van der Waals surface area contributed by atoms with Crippen LogP contribution in [0.2, 0.25) is 0 Å². The third-order valence-electron chi connectivity index (χ3n) is 3.16. The Labute approximate surface area is 128 Å². The summed E-state index contributed by atoms with van der Waals surface area (Å²) in [4.78, 5) is 24.5. The van der Waals surface area contributed by atoms with E-state index in [0.29, 0.717) is 3.51 Å². The zero-order valence-corrected chi connectivity index (χ0v) is 13.5. The van der Waals surface area contributed by atoms with E-state index in [4.69, 9.17) is 4.74 Å². The van der Waals surface area contributed by atoms with Crippen molar-refractivity contribution in [2.24, 2.45) is 5.92 Å². The van der Waals surface area contributed by atoms with E-state index in [0.717, 1.165) is 22.8 Å². The van der Waals surface area contributed by atoms with Crippen LogP contribution in [0.15, 0.2) is 42.5 Å². The van der Waals surface area contributed by atoms with E-state index in [2.05, 4.69) is 6.08 Å². The molecule has 0 fully saturated rings. The third kappa shape index (κ3) is 3.85. The summed E-state index contributed by atoms with van der Waals surface area (Å²) in [6, 6.07) is 9.71. The molecule has 1 aromatic carbocycles. The van der Waals surface area contributed by atoms with Gasteiger partial charge in [-0.25, -0.2) is 4.79 Å². The Bertz CT molecular complexity index is 546. The molecule has 0 heterocycles. The van der Waals surface area contributed by atoms with E-state index in [1.807, 2.05) is 36.4 Å². The van der Waals surface area contributed by atoms with E-state index >= 15 is 0 Å². The Morgan fingerprint density at radius 3 is 2.55 bits per heavy atom. The lowest BCUT2D eigenvalue weighted by Crippen LogP contribution is -2.30. The van der Waals surface area contributed by atoms with Gasteiger partial charge in [0.25, 0.3) is 0 Å². The van der Waals surface area contributed by atoms with Gasteiger partial charge in [0, 0.05) is 9.49 Å². The Morgan fingerprint density at radius 2 is 1.95 bits per heavy atom. The van der Waals surface area contributed by atoms with Crippen molar-refractivity contribution in [2.45, 2.75) is 19.3 Å². The van der Waals surface area contributed by atoms with Gasteiger partial charge in [-0.1, -0.05) is 51.1 Å². The number of allylic oxidation sites excluding steroid dienone is 2. The van der Waals surface area contributed by atoms with Crippen LogP contribution in [0, 0.1) is 9.49 Å². The molecular weight excluding hydrogens is 367 g/mol. The molecule has 0 bridgehead atoms. The number of ether oxygens (including phenoxy) is 1. The van der Waals surface area contributed by atoms with Crippen molar-refractivity contribution in [3.05, 3.63) is 46.1 Å².